The van der Waals surface area contributed by atoms with Crippen molar-refractivity contribution in [1.29, 1.82) is 0 Å². The number of benzene rings is 2. The molecule has 8 nitrogen and oxygen atoms in total. The predicted octanol–water partition coefficient (Wildman–Crippen LogP) is 6.34. The van der Waals surface area contributed by atoms with Crippen molar-refractivity contribution in [2.45, 2.75) is 70.4 Å². The van der Waals surface area contributed by atoms with Crippen LogP contribution in [-0.4, -0.2) is 41.3 Å². The van der Waals surface area contributed by atoms with Gasteiger partial charge in [-0.2, -0.15) is 5.10 Å². The fraction of sp³-hybridized carbons (Fsp3) is 0.516. The van der Waals surface area contributed by atoms with Gasteiger partial charge >= 0.3 is 0 Å². The van der Waals surface area contributed by atoms with Crippen LogP contribution >= 0.6 is 0 Å². The number of rotatable bonds is 5. The smallest absolute Gasteiger partial charge is 0.205 e. The van der Waals surface area contributed by atoms with Crippen LogP contribution in [-0.2, 0) is 19.2 Å². The highest BCUT2D eigenvalue weighted by Gasteiger charge is 2.69. The minimum Gasteiger partial charge on any atom is -0.497 e. The summed E-state index contributed by atoms with van der Waals surface area (Å²) in [6.45, 7) is 6.48. The Bertz CT molecular complexity index is 1330. The molecule has 1 N–H and O–H groups in total. The lowest BCUT2D eigenvalue weighted by Crippen LogP contribution is -2.70. The van der Waals surface area contributed by atoms with Crippen molar-refractivity contribution in [2.75, 3.05) is 7.11 Å². The maximum atomic E-state index is 6.57. The molecule has 206 valence electrons. The molecule has 2 bridgehead atoms. The van der Waals surface area contributed by atoms with E-state index in [4.69, 9.17) is 28.7 Å². The van der Waals surface area contributed by atoms with Crippen LogP contribution in [0.1, 0.15) is 46.5 Å². The quantitative estimate of drug-likeness (QED) is 0.384. The van der Waals surface area contributed by atoms with E-state index in [9.17, 15) is 0 Å². The molecule has 1 aromatic heterocycles. The predicted molar refractivity (Wildman–Crippen MR) is 143 cm³/mol. The van der Waals surface area contributed by atoms with E-state index in [0.29, 0.717) is 11.8 Å². The third-order valence-corrected chi connectivity index (χ3v) is 9.48. The first-order chi connectivity index (χ1) is 18.9. The van der Waals surface area contributed by atoms with Crippen LogP contribution < -0.4 is 9.47 Å². The van der Waals surface area contributed by atoms with Gasteiger partial charge in [-0.3, -0.25) is 5.10 Å². The number of aromatic nitrogens is 2. The van der Waals surface area contributed by atoms with Crippen molar-refractivity contribution in [3.05, 3.63) is 54.6 Å². The van der Waals surface area contributed by atoms with Gasteiger partial charge in [0.25, 0.3) is 0 Å². The van der Waals surface area contributed by atoms with Crippen LogP contribution in [0.25, 0.3) is 22.5 Å². The zero-order chi connectivity index (χ0) is 26.8. The first-order valence-electron chi connectivity index (χ1n) is 14.1. The molecular formula is C31H36N2O6. The monoisotopic (exact) mass is 532 g/mol. The van der Waals surface area contributed by atoms with Gasteiger partial charge in [-0.1, -0.05) is 13.8 Å². The Hall–Kier alpha value is -2.91. The Kier molecular flexibility index (Phi) is 6.00. The summed E-state index contributed by atoms with van der Waals surface area (Å²) in [6.07, 6.45) is 3.06. The summed E-state index contributed by atoms with van der Waals surface area (Å²) in [6, 6.07) is 18.0. The molecule has 3 aromatic rings. The number of aromatic amines is 1. The minimum absolute atomic E-state index is 0.116. The molecule has 8 heteroatoms. The lowest BCUT2D eigenvalue weighted by molar-refractivity contribution is -0.575. The minimum atomic E-state index is -0.793. The standard InChI is InChI=1S/C31H36N2O6/c1-18-5-14-25-19(2)28(36-29-31(25)24(18)15-16-30(3,37-29)38-39-31)35-23-12-8-21(9-13-23)27-17-26(32-33-27)20-6-10-22(34-4)11-7-20/h6-13,17-19,24-25,28-29H,5,14-16H2,1-4H3,(H,32,33)/t18-,19-,24+,25+,28-,29-,30-,31-/m1/s1. The van der Waals surface area contributed by atoms with Crippen LogP contribution in [0.2, 0.25) is 0 Å². The third-order valence-electron chi connectivity index (χ3n) is 9.48. The van der Waals surface area contributed by atoms with Gasteiger partial charge in [-0.25, -0.2) is 9.78 Å². The van der Waals surface area contributed by atoms with Crippen molar-refractivity contribution >= 4 is 0 Å². The van der Waals surface area contributed by atoms with Crippen molar-refractivity contribution in [2.24, 2.45) is 23.7 Å². The van der Waals surface area contributed by atoms with Gasteiger partial charge in [0.15, 0.2) is 11.9 Å². The Labute approximate surface area is 228 Å². The summed E-state index contributed by atoms with van der Waals surface area (Å²) in [4.78, 5) is 12.2. The van der Waals surface area contributed by atoms with Crippen molar-refractivity contribution in [1.82, 2.24) is 10.2 Å². The molecule has 8 rings (SSSR count). The summed E-state index contributed by atoms with van der Waals surface area (Å²) < 4.78 is 24.7. The summed E-state index contributed by atoms with van der Waals surface area (Å²) in [5.41, 5.74) is 3.28. The molecule has 0 radical (unpaired) electrons. The molecule has 4 aliphatic heterocycles. The number of hydrogen-bond acceptors (Lipinski definition) is 7. The van der Waals surface area contributed by atoms with Crippen LogP contribution in [0.15, 0.2) is 54.6 Å². The van der Waals surface area contributed by atoms with Gasteiger partial charge < -0.3 is 18.9 Å². The van der Waals surface area contributed by atoms with Crippen molar-refractivity contribution in [3.8, 4) is 34.0 Å². The van der Waals surface area contributed by atoms with Gasteiger partial charge in [0.05, 0.1) is 18.5 Å². The van der Waals surface area contributed by atoms with Gasteiger partial charge in [0.1, 0.15) is 11.5 Å². The maximum Gasteiger partial charge on any atom is 0.205 e. The van der Waals surface area contributed by atoms with E-state index < -0.39 is 24.0 Å². The van der Waals surface area contributed by atoms with E-state index in [1.807, 2.05) is 61.5 Å². The number of hydrogen-bond donors (Lipinski definition) is 1. The molecule has 5 heterocycles. The normalized spacial score (nSPS) is 37.1. The van der Waals surface area contributed by atoms with E-state index in [0.717, 1.165) is 53.3 Å². The summed E-state index contributed by atoms with van der Waals surface area (Å²) in [7, 11) is 1.66. The van der Waals surface area contributed by atoms with Crippen LogP contribution in [0.4, 0.5) is 0 Å². The molecule has 1 aliphatic carbocycles. The maximum absolute atomic E-state index is 6.57. The number of fused-ring (bicyclic) bond motifs is 2. The van der Waals surface area contributed by atoms with Gasteiger partial charge in [-0.05, 0) is 98.2 Å². The Morgan fingerprint density at radius 1 is 0.897 bits per heavy atom. The van der Waals surface area contributed by atoms with Crippen molar-refractivity contribution in [3.63, 3.8) is 0 Å². The second kappa shape index (κ2) is 9.34. The van der Waals surface area contributed by atoms with Gasteiger partial charge in [0.2, 0.25) is 12.1 Å². The SMILES string of the molecule is COc1ccc(-c2cc(-c3ccc(O[C@@H]4O[C@@H]5O[C@@]6(C)CC[C@H]7[C@H](C)CC[C@@H]([C@H]4C)[C@@]57OO6)cc3)[nH]n2)cc1. The number of methoxy groups -OCH3 is 1. The zero-order valence-corrected chi connectivity index (χ0v) is 22.9. The molecule has 5 aliphatic rings. The van der Waals surface area contributed by atoms with E-state index in [1.165, 1.54) is 6.42 Å². The largest absolute Gasteiger partial charge is 0.497 e. The molecule has 4 saturated heterocycles. The highest BCUT2D eigenvalue weighted by molar-refractivity contribution is 5.68. The highest BCUT2D eigenvalue weighted by Crippen LogP contribution is 2.60. The summed E-state index contributed by atoms with van der Waals surface area (Å²) in [5, 5.41) is 7.65. The van der Waals surface area contributed by atoms with Crippen LogP contribution in [0, 0.1) is 23.7 Å². The highest BCUT2D eigenvalue weighted by atomic mass is 17.3. The van der Waals surface area contributed by atoms with Crippen LogP contribution in [0.5, 0.6) is 11.5 Å². The molecule has 1 spiro atoms. The molecule has 1 saturated carbocycles. The molecular weight excluding hydrogens is 496 g/mol. The zero-order valence-electron chi connectivity index (χ0n) is 22.9. The van der Waals surface area contributed by atoms with E-state index in [1.54, 1.807) is 7.11 Å². The Morgan fingerprint density at radius 2 is 1.64 bits per heavy atom. The lowest BCUT2D eigenvalue weighted by atomic mass is 9.58. The van der Waals surface area contributed by atoms with E-state index in [2.05, 4.69) is 24.0 Å². The summed E-state index contributed by atoms with van der Waals surface area (Å²) >= 11 is 0. The first-order valence-corrected chi connectivity index (χ1v) is 14.1. The number of nitrogens with zero attached hydrogens (tertiary/aromatic N) is 1. The van der Waals surface area contributed by atoms with Crippen LogP contribution in [0.3, 0.4) is 0 Å². The lowest BCUT2D eigenvalue weighted by Gasteiger charge is -2.60. The van der Waals surface area contributed by atoms with Gasteiger partial charge in [-0.15, -0.1) is 0 Å². The number of H-pyrrole nitrogens is 1. The second-order valence-electron chi connectivity index (χ2n) is 11.8. The molecule has 0 unspecified atom stereocenters. The Balaban J connectivity index is 1.09. The average Bonchev–Trinajstić information content (AvgIpc) is 3.34. The molecule has 0 amide bonds. The van der Waals surface area contributed by atoms with E-state index in [-0.39, 0.29) is 11.8 Å². The number of nitrogens with one attached hydrogen (secondary N) is 1. The third kappa shape index (κ3) is 4.08. The van der Waals surface area contributed by atoms with Gasteiger partial charge in [0, 0.05) is 23.8 Å². The average molecular weight is 533 g/mol. The summed E-state index contributed by atoms with van der Waals surface area (Å²) in [5.74, 6) is 2.00. The topological polar surface area (TPSA) is 84.1 Å². The second-order valence-corrected chi connectivity index (χ2v) is 11.8. The molecule has 39 heavy (non-hydrogen) atoms. The molecule has 2 aromatic carbocycles. The molecule has 8 atom stereocenters. The number of ether oxygens (including phenoxy) is 4. The first kappa shape index (κ1) is 25.1. The molecule has 5 fully saturated rings. The fourth-order valence-electron chi connectivity index (χ4n) is 7.23. The van der Waals surface area contributed by atoms with E-state index >= 15 is 0 Å². The fourth-order valence-corrected chi connectivity index (χ4v) is 7.23. The van der Waals surface area contributed by atoms with Crippen molar-refractivity contribution < 1.29 is 28.7 Å². The Morgan fingerprint density at radius 3 is 2.41 bits per heavy atom.